The van der Waals surface area contributed by atoms with E-state index in [1.807, 2.05) is 0 Å². The van der Waals surface area contributed by atoms with Crippen LogP contribution >= 0.6 is 15.9 Å². The van der Waals surface area contributed by atoms with Gasteiger partial charge in [-0.3, -0.25) is 0 Å². The molecule has 7 heteroatoms. The van der Waals surface area contributed by atoms with Gasteiger partial charge in [0, 0.05) is 17.2 Å². The molecule has 0 atom stereocenters. The van der Waals surface area contributed by atoms with Gasteiger partial charge < -0.3 is 11.1 Å². The summed E-state index contributed by atoms with van der Waals surface area (Å²) in [5.41, 5.74) is 4.83. The first-order valence-corrected chi connectivity index (χ1v) is 6.82. The van der Waals surface area contributed by atoms with Crippen molar-refractivity contribution < 1.29 is 13.2 Å². The molecule has 1 aliphatic rings. The quantitative estimate of drug-likeness (QED) is 0.865. The van der Waals surface area contributed by atoms with Crippen molar-refractivity contribution in [2.45, 2.75) is 25.4 Å². The summed E-state index contributed by atoms with van der Waals surface area (Å²) in [6.45, 7) is 1.05. The average molecular weight is 338 g/mol. The Hall–Kier alpha value is -0.820. The van der Waals surface area contributed by atoms with Crippen molar-refractivity contribution in [2.75, 3.05) is 18.4 Å². The summed E-state index contributed by atoms with van der Waals surface area (Å²) < 4.78 is 39.0. The third-order valence-electron chi connectivity index (χ3n) is 3.42. The van der Waals surface area contributed by atoms with E-state index >= 15 is 0 Å². The Labute approximate surface area is 117 Å². The molecule has 19 heavy (non-hydrogen) atoms. The van der Waals surface area contributed by atoms with Crippen LogP contribution in [0.25, 0.3) is 0 Å². The fourth-order valence-electron chi connectivity index (χ4n) is 2.07. The smallest absolute Gasteiger partial charge is 0.369 e. The van der Waals surface area contributed by atoms with Crippen LogP contribution < -0.4 is 11.1 Å². The Balaban J connectivity index is 2.12. The summed E-state index contributed by atoms with van der Waals surface area (Å²) in [5.74, 6) is -0.112. The van der Waals surface area contributed by atoms with Gasteiger partial charge in [0.2, 0.25) is 0 Å². The predicted molar refractivity (Wildman–Crippen MR) is 70.8 cm³/mol. The van der Waals surface area contributed by atoms with Crippen LogP contribution in [0.2, 0.25) is 0 Å². The van der Waals surface area contributed by atoms with Crippen molar-refractivity contribution in [3.63, 3.8) is 0 Å². The van der Waals surface area contributed by atoms with E-state index < -0.39 is 11.7 Å². The summed E-state index contributed by atoms with van der Waals surface area (Å²) in [4.78, 5) is 3.83. The number of hydrogen-bond acceptors (Lipinski definition) is 3. The van der Waals surface area contributed by atoms with Crippen LogP contribution in [0.1, 0.15) is 24.8 Å². The fraction of sp³-hybridized carbons (Fsp3) is 0.583. The highest BCUT2D eigenvalue weighted by atomic mass is 79.9. The second-order valence-corrected chi connectivity index (χ2v) is 5.86. The van der Waals surface area contributed by atoms with Crippen LogP contribution in [-0.2, 0) is 6.18 Å². The minimum absolute atomic E-state index is 0.0619. The van der Waals surface area contributed by atoms with Gasteiger partial charge in [-0.1, -0.05) is 0 Å². The lowest BCUT2D eigenvalue weighted by atomic mass is 10.0. The number of nitrogens with zero attached hydrogens (tertiary/aromatic N) is 1. The molecule has 0 unspecified atom stereocenters. The lowest BCUT2D eigenvalue weighted by Gasteiger charge is -2.18. The van der Waals surface area contributed by atoms with Gasteiger partial charge in [0.25, 0.3) is 0 Å². The second kappa shape index (κ2) is 5.28. The third-order valence-corrected chi connectivity index (χ3v) is 3.86. The van der Waals surface area contributed by atoms with Crippen LogP contribution in [0.5, 0.6) is 0 Å². The summed E-state index contributed by atoms with van der Waals surface area (Å²) in [5, 5.41) is 2.83. The van der Waals surface area contributed by atoms with E-state index in [2.05, 4.69) is 26.2 Å². The molecule has 1 aromatic rings. The topological polar surface area (TPSA) is 50.9 Å². The maximum Gasteiger partial charge on any atom is 0.419 e. The highest BCUT2D eigenvalue weighted by Gasteiger charge is 2.42. The van der Waals surface area contributed by atoms with Gasteiger partial charge in [-0.25, -0.2) is 4.98 Å². The van der Waals surface area contributed by atoms with Crippen molar-refractivity contribution in [3.8, 4) is 0 Å². The Morgan fingerprint density at radius 1 is 1.42 bits per heavy atom. The predicted octanol–water partition coefficient (Wildman–Crippen LogP) is 3.40. The summed E-state index contributed by atoms with van der Waals surface area (Å²) >= 11 is 3.01. The molecule has 1 saturated carbocycles. The van der Waals surface area contributed by atoms with Crippen molar-refractivity contribution in [1.29, 1.82) is 0 Å². The zero-order valence-electron chi connectivity index (χ0n) is 10.2. The van der Waals surface area contributed by atoms with E-state index in [-0.39, 0.29) is 11.2 Å². The molecule has 3 N–H and O–H groups in total. The van der Waals surface area contributed by atoms with E-state index in [1.165, 1.54) is 6.20 Å². The Kier molecular flexibility index (Phi) is 4.06. The number of alkyl halides is 3. The van der Waals surface area contributed by atoms with Crippen LogP contribution in [0.4, 0.5) is 19.0 Å². The number of nitrogens with two attached hydrogens (primary N) is 1. The van der Waals surface area contributed by atoms with Gasteiger partial charge in [-0.05, 0) is 53.2 Å². The van der Waals surface area contributed by atoms with Crippen molar-refractivity contribution >= 4 is 21.7 Å². The fourth-order valence-corrected chi connectivity index (χ4v) is 2.40. The number of anilines is 1. The molecular formula is C12H15BrF3N3. The monoisotopic (exact) mass is 337 g/mol. The highest BCUT2D eigenvalue weighted by Crippen LogP contribution is 2.48. The molecular weight excluding hydrogens is 323 g/mol. The number of hydrogen-bond donors (Lipinski definition) is 2. The number of halogens is 4. The standard InChI is InChI=1S/C12H15BrF3N3/c13-8-5-9(12(14,15)16)10(18-6-8)19-7-11(1-2-11)3-4-17/h5-6H,1-4,7,17H2,(H,18,19). The largest absolute Gasteiger partial charge is 0.419 e. The van der Waals surface area contributed by atoms with Crippen molar-refractivity contribution in [2.24, 2.45) is 11.1 Å². The zero-order chi connectivity index (χ0) is 14.1. The van der Waals surface area contributed by atoms with E-state index in [0.29, 0.717) is 17.6 Å². The molecule has 0 aromatic carbocycles. The lowest BCUT2D eigenvalue weighted by molar-refractivity contribution is -0.137. The molecule has 1 aromatic heterocycles. The summed E-state index contributed by atoms with van der Waals surface area (Å²) in [7, 11) is 0. The first-order chi connectivity index (χ1) is 8.86. The number of pyridine rings is 1. The number of aromatic nitrogens is 1. The van der Waals surface area contributed by atoms with Crippen LogP contribution in [0, 0.1) is 5.41 Å². The Morgan fingerprint density at radius 3 is 2.63 bits per heavy atom. The molecule has 1 fully saturated rings. The molecule has 0 radical (unpaired) electrons. The van der Waals surface area contributed by atoms with E-state index in [9.17, 15) is 13.2 Å². The van der Waals surface area contributed by atoms with Gasteiger partial charge in [0.1, 0.15) is 5.82 Å². The molecule has 1 aliphatic carbocycles. The Bertz CT molecular complexity index is 458. The molecule has 0 bridgehead atoms. The number of nitrogens with one attached hydrogen (secondary N) is 1. The summed E-state index contributed by atoms with van der Waals surface area (Å²) in [6, 6.07) is 1.04. The van der Waals surface area contributed by atoms with E-state index in [4.69, 9.17) is 5.73 Å². The SMILES string of the molecule is NCCC1(CNc2ncc(Br)cc2C(F)(F)F)CC1. The minimum Gasteiger partial charge on any atom is -0.369 e. The maximum absolute atomic E-state index is 12.9. The van der Waals surface area contributed by atoms with Crippen LogP contribution in [0.3, 0.4) is 0 Å². The second-order valence-electron chi connectivity index (χ2n) is 4.94. The lowest BCUT2D eigenvalue weighted by Crippen LogP contribution is -2.21. The highest BCUT2D eigenvalue weighted by molar-refractivity contribution is 9.10. The molecule has 0 amide bonds. The maximum atomic E-state index is 12.9. The van der Waals surface area contributed by atoms with Gasteiger partial charge in [-0.2, -0.15) is 13.2 Å². The molecule has 0 aliphatic heterocycles. The van der Waals surface area contributed by atoms with Crippen molar-refractivity contribution in [3.05, 3.63) is 22.3 Å². The molecule has 3 nitrogen and oxygen atoms in total. The Morgan fingerprint density at radius 2 is 2.11 bits per heavy atom. The van der Waals surface area contributed by atoms with Gasteiger partial charge in [0.05, 0.1) is 5.56 Å². The first kappa shape index (κ1) is 14.6. The van der Waals surface area contributed by atoms with Crippen LogP contribution in [-0.4, -0.2) is 18.1 Å². The zero-order valence-corrected chi connectivity index (χ0v) is 11.8. The molecule has 106 valence electrons. The van der Waals surface area contributed by atoms with Gasteiger partial charge in [0.15, 0.2) is 0 Å². The van der Waals surface area contributed by atoms with E-state index in [0.717, 1.165) is 25.3 Å². The normalized spacial score (nSPS) is 17.3. The van der Waals surface area contributed by atoms with E-state index in [1.54, 1.807) is 0 Å². The molecule has 1 heterocycles. The van der Waals surface area contributed by atoms with Crippen LogP contribution in [0.15, 0.2) is 16.7 Å². The molecule has 0 spiro atoms. The van der Waals surface area contributed by atoms with Gasteiger partial charge >= 0.3 is 6.18 Å². The molecule has 2 rings (SSSR count). The number of rotatable bonds is 5. The first-order valence-electron chi connectivity index (χ1n) is 6.03. The molecule has 0 saturated heterocycles. The summed E-state index contributed by atoms with van der Waals surface area (Å²) in [6.07, 6.45) is -0.203. The third kappa shape index (κ3) is 3.60. The minimum atomic E-state index is -4.41. The van der Waals surface area contributed by atoms with Crippen molar-refractivity contribution in [1.82, 2.24) is 4.98 Å². The van der Waals surface area contributed by atoms with Gasteiger partial charge in [-0.15, -0.1) is 0 Å². The average Bonchev–Trinajstić information content (AvgIpc) is 3.07.